The normalized spacial score (nSPS) is 16.1. The van der Waals surface area contributed by atoms with Crippen LogP contribution in [0.15, 0.2) is 65.0 Å². The molecule has 12 heteroatoms. The number of halogens is 2. The van der Waals surface area contributed by atoms with E-state index < -0.39 is 29.5 Å². The van der Waals surface area contributed by atoms with Gasteiger partial charge >= 0.3 is 11.9 Å². The van der Waals surface area contributed by atoms with Crippen molar-refractivity contribution in [2.75, 3.05) is 47.0 Å². The number of likely N-dealkylation sites (N-methyl/N-ethyl adjacent to an activating group) is 1. The highest BCUT2D eigenvalue weighted by molar-refractivity contribution is 6.42. The molecule has 1 aliphatic heterocycles. The Kier molecular flexibility index (Phi) is 12.5. The second-order valence-electron chi connectivity index (χ2n) is 11.2. The number of carboxylic acid groups (broad SMARTS) is 1. The molecule has 2 unspecified atom stereocenters. The van der Waals surface area contributed by atoms with Gasteiger partial charge in [0.05, 0.1) is 40.8 Å². The van der Waals surface area contributed by atoms with Gasteiger partial charge in [0.2, 0.25) is 0 Å². The first kappa shape index (κ1) is 35.2. The van der Waals surface area contributed by atoms with Crippen LogP contribution in [-0.4, -0.2) is 85.7 Å². The minimum Gasteiger partial charge on any atom is -0.493 e. The fourth-order valence-electron chi connectivity index (χ4n) is 5.24. The summed E-state index contributed by atoms with van der Waals surface area (Å²) in [6.45, 7) is 8.51. The Morgan fingerprint density at radius 3 is 2.43 bits per heavy atom. The van der Waals surface area contributed by atoms with Crippen LogP contribution in [0.3, 0.4) is 0 Å². The molecule has 0 bridgehead atoms. The van der Waals surface area contributed by atoms with Crippen LogP contribution in [0, 0.1) is 0 Å². The number of benzene rings is 2. The minimum absolute atomic E-state index is 0.0238. The van der Waals surface area contributed by atoms with Crippen molar-refractivity contribution in [1.82, 2.24) is 15.5 Å². The van der Waals surface area contributed by atoms with E-state index in [1.165, 1.54) is 0 Å². The Bertz CT molecular complexity index is 1410. The molecule has 2 aromatic rings. The highest BCUT2D eigenvalue weighted by atomic mass is 35.5. The van der Waals surface area contributed by atoms with E-state index in [1.54, 1.807) is 51.3 Å². The Hall–Kier alpha value is -3.28. The zero-order valence-corrected chi connectivity index (χ0v) is 27.4. The standard InChI is InChI=1S/C32H41Cl2N3O7/c1-7-43-31(41)26-19(2)36-23(28(30(39)40)27(26)21-11-10-12-22(33)29(21)34)16-37(5)18-32(3,4)35-15-20(38)17-44-25-14-9-8-13-24(25)42-6/h8-14,20,27,35-36,38H,7,15-18H2,1-6H3,(H,39,40). The SMILES string of the molecule is CCOC(=O)C1=C(C)NC(CN(C)CC(C)(C)NCC(O)COc2ccccc2OC)=C(C(=O)O)C1c1cccc(Cl)c1Cl. The predicted molar refractivity (Wildman–Crippen MR) is 170 cm³/mol. The fourth-order valence-corrected chi connectivity index (χ4v) is 5.66. The summed E-state index contributed by atoms with van der Waals surface area (Å²) in [5, 5.41) is 27.9. The van der Waals surface area contributed by atoms with Crippen LogP contribution >= 0.6 is 23.2 Å². The van der Waals surface area contributed by atoms with Crippen molar-refractivity contribution in [3.05, 3.63) is 80.6 Å². The molecule has 0 saturated heterocycles. The molecule has 1 aliphatic rings. The van der Waals surface area contributed by atoms with Crippen molar-refractivity contribution in [3.63, 3.8) is 0 Å². The van der Waals surface area contributed by atoms with Crippen molar-refractivity contribution in [2.24, 2.45) is 0 Å². The lowest BCUT2D eigenvalue weighted by Crippen LogP contribution is -2.51. The molecular weight excluding hydrogens is 609 g/mol. The summed E-state index contributed by atoms with van der Waals surface area (Å²) in [5.41, 5.74) is 0.929. The Morgan fingerprint density at radius 1 is 1.11 bits per heavy atom. The van der Waals surface area contributed by atoms with Gasteiger partial charge in [0.1, 0.15) is 12.7 Å². The maximum Gasteiger partial charge on any atom is 0.336 e. The number of aliphatic hydroxyl groups is 1. The van der Waals surface area contributed by atoms with E-state index in [0.29, 0.717) is 35.0 Å². The van der Waals surface area contributed by atoms with Crippen molar-refractivity contribution < 1.29 is 34.0 Å². The molecule has 2 atom stereocenters. The average molecular weight is 651 g/mol. The quantitative estimate of drug-likeness (QED) is 0.203. The first-order chi connectivity index (χ1) is 20.8. The molecule has 44 heavy (non-hydrogen) atoms. The van der Waals surface area contributed by atoms with E-state index in [9.17, 15) is 19.8 Å². The van der Waals surface area contributed by atoms with Gasteiger partial charge in [0.15, 0.2) is 11.5 Å². The molecule has 0 aromatic heterocycles. The second kappa shape index (κ2) is 15.6. The van der Waals surface area contributed by atoms with Gasteiger partial charge in [0, 0.05) is 36.6 Å². The lowest BCUT2D eigenvalue weighted by atomic mass is 9.80. The first-order valence-corrected chi connectivity index (χ1v) is 15.0. The zero-order chi connectivity index (χ0) is 32.6. The van der Waals surface area contributed by atoms with Gasteiger partial charge < -0.3 is 35.1 Å². The van der Waals surface area contributed by atoms with E-state index in [-0.39, 0.29) is 47.5 Å². The van der Waals surface area contributed by atoms with Gasteiger partial charge in [-0.1, -0.05) is 47.5 Å². The number of aliphatic hydroxyl groups excluding tert-OH is 1. The Balaban J connectivity index is 1.77. The number of aliphatic carboxylic acids is 1. The van der Waals surface area contributed by atoms with E-state index in [4.69, 9.17) is 37.4 Å². The number of β-amino-alcohol motifs (C(OH)–C–C–N with tert-alkyl or cyclic N) is 1. The number of carbonyl (C=O) groups is 2. The van der Waals surface area contributed by atoms with Crippen LogP contribution in [0.25, 0.3) is 0 Å². The number of methoxy groups -OCH3 is 1. The molecule has 1 heterocycles. The lowest BCUT2D eigenvalue weighted by molar-refractivity contribution is -0.138. The number of para-hydroxylation sites is 2. The number of nitrogens with zero attached hydrogens (tertiary/aromatic N) is 1. The summed E-state index contributed by atoms with van der Waals surface area (Å²) >= 11 is 12.9. The molecule has 0 fully saturated rings. The molecule has 0 radical (unpaired) electrons. The maximum absolute atomic E-state index is 13.1. The summed E-state index contributed by atoms with van der Waals surface area (Å²) in [6.07, 6.45) is -0.789. The molecule has 4 N–H and O–H groups in total. The van der Waals surface area contributed by atoms with Crippen LogP contribution in [0.2, 0.25) is 10.0 Å². The van der Waals surface area contributed by atoms with Crippen molar-refractivity contribution in [1.29, 1.82) is 0 Å². The van der Waals surface area contributed by atoms with E-state index in [1.807, 2.05) is 37.9 Å². The Morgan fingerprint density at radius 2 is 1.80 bits per heavy atom. The third-order valence-electron chi connectivity index (χ3n) is 7.07. The van der Waals surface area contributed by atoms with Crippen LogP contribution < -0.4 is 20.1 Å². The number of carboxylic acids is 1. The van der Waals surface area contributed by atoms with E-state index >= 15 is 0 Å². The van der Waals surface area contributed by atoms with Crippen LogP contribution in [-0.2, 0) is 14.3 Å². The Labute approximate surface area is 268 Å². The van der Waals surface area contributed by atoms with Gasteiger partial charge in [-0.25, -0.2) is 9.59 Å². The molecule has 240 valence electrons. The number of dihydropyridines is 1. The summed E-state index contributed by atoms with van der Waals surface area (Å²) in [6, 6.07) is 12.2. The van der Waals surface area contributed by atoms with E-state index in [0.717, 1.165) is 0 Å². The molecule has 0 spiro atoms. The first-order valence-electron chi connectivity index (χ1n) is 14.2. The van der Waals surface area contributed by atoms with Crippen molar-refractivity contribution in [3.8, 4) is 11.5 Å². The highest BCUT2D eigenvalue weighted by Crippen LogP contribution is 2.43. The van der Waals surface area contributed by atoms with Crippen LogP contribution in [0.4, 0.5) is 0 Å². The van der Waals surface area contributed by atoms with Gasteiger partial charge in [-0.15, -0.1) is 0 Å². The summed E-state index contributed by atoms with van der Waals surface area (Å²) in [4.78, 5) is 27.8. The van der Waals surface area contributed by atoms with Gasteiger partial charge in [-0.2, -0.15) is 0 Å². The summed E-state index contributed by atoms with van der Waals surface area (Å²) < 4.78 is 16.3. The number of nitrogens with one attached hydrogen (secondary N) is 2. The fraction of sp³-hybridized carbons (Fsp3) is 0.438. The number of esters is 1. The smallest absolute Gasteiger partial charge is 0.336 e. The number of ether oxygens (including phenoxy) is 3. The predicted octanol–water partition coefficient (Wildman–Crippen LogP) is 4.60. The zero-order valence-electron chi connectivity index (χ0n) is 25.9. The van der Waals surface area contributed by atoms with Gasteiger partial charge in [-0.05, 0) is 58.5 Å². The number of hydrogen-bond acceptors (Lipinski definition) is 9. The number of allylic oxidation sites excluding steroid dienone is 1. The van der Waals surface area contributed by atoms with E-state index in [2.05, 4.69) is 10.6 Å². The molecule has 0 saturated carbocycles. The molecule has 10 nitrogen and oxygen atoms in total. The molecule has 3 rings (SSSR count). The third kappa shape index (κ3) is 8.89. The number of hydrogen-bond donors (Lipinski definition) is 4. The van der Waals surface area contributed by atoms with Gasteiger partial charge in [0.25, 0.3) is 0 Å². The molecule has 2 aromatic carbocycles. The third-order valence-corrected chi connectivity index (χ3v) is 7.91. The topological polar surface area (TPSA) is 130 Å². The van der Waals surface area contributed by atoms with Crippen molar-refractivity contribution in [2.45, 2.75) is 45.3 Å². The molecule has 0 aliphatic carbocycles. The van der Waals surface area contributed by atoms with Crippen molar-refractivity contribution >= 4 is 35.1 Å². The highest BCUT2D eigenvalue weighted by Gasteiger charge is 2.40. The summed E-state index contributed by atoms with van der Waals surface area (Å²) in [7, 11) is 3.42. The number of rotatable bonds is 15. The monoisotopic (exact) mass is 649 g/mol. The van der Waals surface area contributed by atoms with Crippen LogP contribution in [0.5, 0.6) is 11.5 Å². The van der Waals surface area contributed by atoms with Gasteiger partial charge in [-0.3, -0.25) is 4.90 Å². The van der Waals surface area contributed by atoms with Crippen LogP contribution in [0.1, 0.15) is 39.2 Å². The lowest BCUT2D eigenvalue weighted by Gasteiger charge is -2.35. The average Bonchev–Trinajstić information content (AvgIpc) is 2.95. The largest absolute Gasteiger partial charge is 0.493 e. The summed E-state index contributed by atoms with van der Waals surface area (Å²) in [5.74, 6) is -1.72. The molecular formula is C32H41Cl2N3O7. The number of carbonyl (C=O) groups excluding carboxylic acids is 1. The molecule has 0 amide bonds. The minimum atomic E-state index is -1.20. The maximum atomic E-state index is 13.1. The second-order valence-corrected chi connectivity index (χ2v) is 12.0.